The molecule has 2 bridgehead atoms. The number of carbonyl (C=O) groups excluding carboxylic acids is 1. The molecule has 3 saturated carbocycles. The van der Waals surface area contributed by atoms with Crippen molar-refractivity contribution in [3.63, 3.8) is 0 Å². The lowest BCUT2D eigenvalue weighted by molar-refractivity contribution is -0.180. The molecule has 0 unspecified atom stereocenters. The summed E-state index contributed by atoms with van der Waals surface area (Å²) < 4.78 is 22.3. The lowest BCUT2D eigenvalue weighted by atomic mass is 9.40. The van der Waals surface area contributed by atoms with Crippen LogP contribution in [0.2, 0.25) is 0 Å². The third kappa shape index (κ3) is 2.64. The number of nitrogens with zero attached hydrogens (tertiary/aromatic N) is 2. The van der Waals surface area contributed by atoms with Gasteiger partial charge >= 0.3 is 5.97 Å². The van der Waals surface area contributed by atoms with Crippen molar-refractivity contribution in [3.05, 3.63) is 47.5 Å². The van der Waals surface area contributed by atoms with E-state index in [0.29, 0.717) is 24.1 Å². The third-order valence-corrected chi connectivity index (χ3v) is 10.7. The van der Waals surface area contributed by atoms with Crippen LogP contribution in [0.15, 0.2) is 30.5 Å². The quantitative estimate of drug-likeness (QED) is 0.488. The van der Waals surface area contributed by atoms with Gasteiger partial charge in [0.25, 0.3) is 0 Å². The zero-order valence-corrected chi connectivity index (χ0v) is 21.0. The van der Waals surface area contributed by atoms with Crippen molar-refractivity contribution in [1.82, 2.24) is 9.78 Å². The second-order valence-corrected chi connectivity index (χ2v) is 12.3. The lowest BCUT2D eigenvalue weighted by Crippen LogP contribution is -2.60. The first-order valence-electron chi connectivity index (χ1n) is 13.2. The molecular weight excluding hydrogens is 427 g/mol. The van der Waals surface area contributed by atoms with Crippen LogP contribution in [-0.2, 0) is 20.4 Å². The minimum Gasteiger partial charge on any atom is -0.466 e. The molecule has 1 aromatic heterocycles. The Hall–Kier alpha value is -2.17. The van der Waals surface area contributed by atoms with Crippen molar-refractivity contribution in [2.24, 2.45) is 22.7 Å². The normalized spacial score (nSPS) is 40.3. The molecule has 34 heavy (non-hydrogen) atoms. The molecule has 6 rings (SSSR count). The molecule has 3 fully saturated rings. The Kier molecular flexibility index (Phi) is 4.71. The van der Waals surface area contributed by atoms with Crippen molar-refractivity contribution >= 4 is 5.97 Å². The van der Waals surface area contributed by atoms with Gasteiger partial charge in [-0.1, -0.05) is 32.4 Å². The number of fused-ring (bicyclic) bond motifs is 5. The summed E-state index contributed by atoms with van der Waals surface area (Å²) in [6.07, 6.45) is 10.7. The summed E-state index contributed by atoms with van der Waals surface area (Å²) >= 11 is 0. The van der Waals surface area contributed by atoms with Crippen LogP contribution in [0.3, 0.4) is 0 Å². The fourth-order valence-corrected chi connectivity index (χ4v) is 9.51. The number of carbonyl (C=O) groups is 1. The van der Waals surface area contributed by atoms with Crippen molar-refractivity contribution in [3.8, 4) is 5.69 Å². The summed E-state index contributed by atoms with van der Waals surface area (Å²) in [5.74, 6) is 0.640. The number of benzene rings is 1. The van der Waals surface area contributed by atoms with Gasteiger partial charge in [0.15, 0.2) is 0 Å². The van der Waals surface area contributed by atoms with Gasteiger partial charge in [-0.25, -0.2) is 9.07 Å². The van der Waals surface area contributed by atoms with Gasteiger partial charge in [0, 0.05) is 16.4 Å². The number of halogens is 1. The number of hydrogen-bond acceptors (Lipinski definition) is 3. The molecule has 4 nitrogen and oxygen atoms in total. The largest absolute Gasteiger partial charge is 0.466 e. The predicted octanol–water partition coefficient (Wildman–Crippen LogP) is 6.49. The second-order valence-electron chi connectivity index (χ2n) is 12.3. The smallest absolute Gasteiger partial charge is 0.312 e. The molecule has 182 valence electrons. The molecule has 6 atom stereocenters. The van der Waals surface area contributed by atoms with E-state index in [1.165, 1.54) is 23.7 Å². The molecule has 4 aliphatic rings. The highest BCUT2D eigenvalue weighted by Gasteiger charge is 2.68. The fourth-order valence-electron chi connectivity index (χ4n) is 9.51. The maximum atomic E-state index is 14.8. The maximum absolute atomic E-state index is 14.8. The van der Waals surface area contributed by atoms with E-state index in [4.69, 9.17) is 9.84 Å². The molecule has 5 heteroatoms. The van der Waals surface area contributed by atoms with Crippen LogP contribution < -0.4 is 0 Å². The summed E-state index contributed by atoms with van der Waals surface area (Å²) in [5.41, 5.74) is 2.91. The first-order valence-corrected chi connectivity index (χ1v) is 13.2. The Balaban J connectivity index is 1.46. The highest BCUT2D eigenvalue weighted by atomic mass is 19.1. The van der Waals surface area contributed by atoms with Crippen molar-refractivity contribution in [2.45, 2.75) is 89.9 Å². The summed E-state index contributed by atoms with van der Waals surface area (Å²) in [6.45, 7) is 9.38. The van der Waals surface area contributed by atoms with E-state index in [0.717, 1.165) is 44.9 Å². The predicted molar refractivity (Wildman–Crippen MR) is 129 cm³/mol. The molecule has 1 aromatic carbocycles. The number of ether oxygens (including phenoxy) is 1. The van der Waals surface area contributed by atoms with Crippen LogP contribution in [0.5, 0.6) is 0 Å². The third-order valence-electron chi connectivity index (χ3n) is 10.7. The van der Waals surface area contributed by atoms with Crippen LogP contribution >= 0.6 is 0 Å². The Morgan fingerprint density at radius 1 is 1.12 bits per heavy atom. The van der Waals surface area contributed by atoms with Gasteiger partial charge < -0.3 is 4.74 Å². The summed E-state index contributed by atoms with van der Waals surface area (Å²) in [5, 5.41) is 4.79. The Morgan fingerprint density at radius 3 is 2.65 bits per heavy atom. The molecule has 2 aromatic rings. The van der Waals surface area contributed by atoms with Crippen molar-refractivity contribution in [2.75, 3.05) is 6.61 Å². The van der Waals surface area contributed by atoms with Crippen LogP contribution in [0.1, 0.15) is 90.3 Å². The lowest BCUT2D eigenvalue weighted by Gasteiger charge is -2.64. The van der Waals surface area contributed by atoms with E-state index in [1.807, 2.05) is 23.7 Å². The zero-order chi connectivity index (χ0) is 23.9. The summed E-state index contributed by atoms with van der Waals surface area (Å²) in [4.78, 5) is 13.2. The number of rotatable bonds is 3. The molecule has 0 radical (unpaired) electrons. The highest BCUT2D eigenvalue weighted by Crippen LogP contribution is 2.73. The average Bonchev–Trinajstić information content (AvgIpc) is 3.32. The van der Waals surface area contributed by atoms with Gasteiger partial charge in [0.05, 0.1) is 23.9 Å². The van der Waals surface area contributed by atoms with E-state index in [2.05, 4.69) is 27.0 Å². The standard InChI is InChI=1S/C29H37FN2O2/c1-5-34-25(33)28(4)14-8-13-27(3)22(28)12-16-29-18-26(2,15-11-23(27)29)24-19(29)17-31-32(24)21-10-7-6-9-20(21)30/h6-7,9-10,17,22-23H,5,8,11-16,18H2,1-4H3/t22-,23-,26-,27+,28+,29+/m0/s1. The summed E-state index contributed by atoms with van der Waals surface area (Å²) in [6, 6.07) is 7.00. The minimum absolute atomic E-state index is 0.00186. The van der Waals surface area contributed by atoms with Crippen LogP contribution in [-0.4, -0.2) is 22.4 Å². The maximum Gasteiger partial charge on any atom is 0.312 e. The van der Waals surface area contributed by atoms with E-state index in [9.17, 15) is 9.18 Å². The Morgan fingerprint density at radius 2 is 1.88 bits per heavy atom. The van der Waals surface area contributed by atoms with Gasteiger partial charge in [-0.3, -0.25) is 4.79 Å². The van der Waals surface area contributed by atoms with E-state index in [-0.39, 0.29) is 28.0 Å². The number of hydrogen-bond donors (Lipinski definition) is 0. The summed E-state index contributed by atoms with van der Waals surface area (Å²) in [7, 11) is 0. The van der Waals surface area contributed by atoms with E-state index >= 15 is 0 Å². The molecule has 0 aliphatic heterocycles. The topological polar surface area (TPSA) is 44.1 Å². The minimum atomic E-state index is -0.399. The van der Waals surface area contributed by atoms with Crippen LogP contribution in [0.25, 0.3) is 5.69 Å². The average molecular weight is 465 g/mol. The fraction of sp³-hybridized carbons (Fsp3) is 0.655. The van der Waals surface area contributed by atoms with E-state index < -0.39 is 5.41 Å². The zero-order valence-electron chi connectivity index (χ0n) is 21.0. The van der Waals surface area contributed by atoms with Gasteiger partial charge in [-0.05, 0) is 88.2 Å². The second kappa shape index (κ2) is 7.18. The van der Waals surface area contributed by atoms with Crippen LogP contribution in [0.4, 0.5) is 4.39 Å². The SMILES string of the molecule is CCOC(=O)[C@]1(C)CCC[C@@]2(C)[C@@H]3CC[C@@]4(C)C[C@]3(CC[C@@H]21)c1cnn(-c2ccccc2F)c14. The first-order chi connectivity index (χ1) is 16.2. The molecular formula is C29H37FN2O2. The van der Waals surface area contributed by atoms with Gasteiger partial charge in [0.1, 0.15) is 11.5 Å². The van der Waals surface area contributed by atoms with Crippen molar-refractivity contribution in [1.29, 1.82) is 0 Å². The number of esters is 1. The number of para-hydroxylation sites is 1. The first kappa shape index (κ1) is 22.3. The monoisotopic (exact) mass is 464 g/mol. The Labute approximate surface area is 202 Å². The molecule has 4 aliphatic carbocycles. The van der Waals surface area contributed by atoms with Gasteiger partial charge in [-0.2, -0.15) is 5.10 Å². The van der Waals surface area contributed by atoms with Crippen molar-refractivity contribution < 1.29 is 13.9 Å². The van der Waals surface area contributed by atoms with Gasteiger partial charge in [0.2, 0.25) is 0 Å². The molecule has 1 heterocycles. The molecule has 1 spiro atoms. The van der Waals surface area contributed by atoms with Crippen LogP contribution in [0, 0.1) is 28.5 Å². The highest BCUT2D eigenvalue weighted by molar-refractivity contribution is 5.77. The van der Waals surface area contributed by atoms with E-state index in [1.54, 1.807) is 6.07 Å². The number of aromatic nitrogens is 2. The van der Waals surface area contributed by atoms with Gasteiger partial charge in [-0.15, -0.1) is 0 Å². The molecule has 0 amide bonds. The molecule has 0 N–H and O–H groups in total. The Bertz CT molecular complexity index is 1160. The molecule has 0 saturated heterocycles.